The van der Waals surface area contributed by atoms with Gasteiger partial charge in [-0.15, -0.1) is 0 Å². The third-order valence-corrected chi connectivity index (χ3v) is 4.83. The maximum Gasteiger partial charge on any atom is 0.227 e. The van der Waals surface area contributed by atoms with Crippen LogP contribution in [0.15, 0.2) is 24.5 Å². The van der Waals surface area contributed by atoms with Gasteiger partial charge in [-0.1, -0.05) is 19.4 Å². The molecule has 2 aliphatic heterocycles. The zero-order valence-electron chi connectivity index (χ0n) is 12.8. The summed E-state index contributed by atoms with van der Waals surface area (Å²) in [6.07, 6.45) is 8.39. The van der Waals surface area contributed by atoms with Gasteiger partial charge in [0, 0.05) is 25.5 Å². The summed E-state index contributed by atoms with van der Waals surface area (Å²) >= 11 is 0. The molecule has 2 saturated heterocycles. The Morgan fingerprint density at radius 3 is 3.19 bits per heavy atom. The summed E-state index contributed by atoms with van der Waals surface area (Å²) in [7, 11) is 0. The minimum Gasteiger partial charge on any atom is -0.373 e. The molecular formula is C17H24N2O2. The number of piperidine rings is 1. The Hall–Kier alpha value is -1.42. The van der Waals surface area contributed by atoms with Crippen molar-refractivity contribution in [3.05, 3.63) is 30.1 Å². The number of nitrogens with zero attached hydrogens (tertiary/aromatic N) is 2. The summed E-state index contributed by atoms with van der Waals surface area (Å²) in [6, 6.07) is 3.84. The van der Waals surface area contributed by atoms with Crippen molar-refractivity contribution in [3.63, 3.8) is 0 Å². The van der Waals surface area contributed by atoms with E-state index in [9.17, 15) is 4.79 Å². The highest BCUT2D eigenvalue weighted by molar-refractivity contribution is 5.78. The van der Waals surface area contributed by atoms with Crippen LogP contribution in [0.1, 0.15) is 38.2 Å². The smallest absolute Gasteiger partial charge is 0.227 e. The average Bonchev–Trinajstić information content (AvgIpc) is 2.91. The number of carbonyl (C=O) groups excluding carboxylic acids is 1. The van der Waals surface area contributed by atoms with Crippen LogP contribution in [0.3, 0.4) is 0 Å². The van der Waals surface area contributed by atoms with Crippen molar-refractivity contribution in [3.8, 4) is 0 Å². The molecule has 3 heterocycles. The fourth-order valence-electron chi connectivity index (χ4n) is 3.59. The van der Waals surface area contributed by atoms with Crippen LogP contribution < -0.4 is 0 Å². The zero-order chi connectivity index (χ0) is 14.7. The van der Waals surface area contributed by atoms with E-state index in [0.29, 0.717) is 12.3 Å². The molecule has 4 heteroatoms. The van der Waals surface area contributed by atoms with Crippen LogP contribution >= 0.6 is 0 Å². The van der Waals surface area contributed by atoms with Crippen LogP contribution in [0.4, 0.5) is 0 Å². The number of likely N-dealkylation sites (tertiary alicyclic amines) is 1. The molecule has 2 fully saturated rings. The van der Waals surface area contributed by atoms with E-state index in [2.05, 4.69) is 11.9 Å². The number of aromatic nitrogens is 1. The Bertz CT molecular complexity index is 491. The SMILES string of the molecule is CCC1COC2(CCCN(C(=O)Cc3cccnc3)C2)C1. The summed E-state index contributed by atoms with van der Waals surface area (Å²) in [5.74, 6) is 0.865. The van der Waals surface area contributed by atoms with Gasteiger partial charge < -0.3 is 9.64 Å². The van der Waals surface area contributed by atoms with Gasteiger partial charge in [0.2, 0.25) is 5.91 Å². The molecule has 2 unspecified atom stereocenters. The van der Waals surface area contributed by atoms with E-state index >= 15 is 0 Å². The van der Waals surface area contributed by atoms with Crippen LogP contribution in [0.25, 0.3) is 0 Å². The first-order chi connectivity index (χ1) is 10.2. The second-order valence-electron chi connectivity index (χ2n) is 6.43. The largest absolute Gasteiger partial charge is 0.373 e. The van der Waals surface area contributed by atoms with Gasteiger partial charge in [-0.2, -0.15) is 0 Å². The highest BCUT2D eigenvalue weighted by Crippen LogP contribution is 2.38. The number of pyridine rings is 1. The van der Waals surface area contributed by atoms with Gasteiger partial charge in [0.1, 0.15) is 0 Å². The average molecular weight is 288 g/mol. The first-order valence-corrected chi connectivity index (χ1v) is 8.01. The summed E-state index contributed by atoms with van der Waals surface area (Å²) in [4.78, 5) is 18.6. The molecule has 1 spiro atoms. The molecule has 0 N–H and O–H groups in total. The lowest BCUT2D eigenvalue weighted by molar-refractivity contribution is -0.138. The van der Waals surface area contributed by atoms with E-state index in [0.717, 1.165) is 44.5 Å². The molecule has 0 aliphatic carbocycles. The Kier molecular flexibility index (Phi) is 4.24. The van der Waals surface area contributed by atoms with Crippen molar-refractivity contribution in [1.82, 2.24) is 9.88 Å². The number of rotatable bonds is 3. The molecule has 0 aromatic carbocycles. The van der Waals surface area contributed by atoms with Crippen LogP contribution in [-0.2, 0) is 16.0 Å². The monoisotopic (exact) mass is 288 g/mol. The van der Waals surface area contributed by atoms with Crippen molar-refractivity contribution in [1.29, 1.82) is 0 Å². The van der Waals surface area contributed by atoms with Crippen molar-refractivity contribution in [2.75, 3.05) is 19.7 Å². The van der Waals surface area contributed by atoms with E-state index in [1.54, 1.807) is 12.4 Å². The maximum atomic E-state index is 12.5. The molecule has 3 rings (SSSR count). The highest BCUT2D eigenvalue weighted by atomic mass is 16.5. The van der Waals surface area contributed by atoms with Gasteiger partial charge in [-0.05, 0) is 36.8 Å². The molecule has 2 aliphatic rings. The topological polar surface area (TPSA) is 42.4 Å². The van der Waals surface area contributed by atoms with Gasteiger partial charge in [-0.3, -0.25) is 9.78 Å². The standard InChI is InChI=1S/C17H24N2O2/c1-2-14-10-17(21-12-14)6-4-8-19(13-17)16(20)9-15-5-3-7-18-11-15/h3,5,7,11,14H,2,4,6,8-10,12-13H2,1H3. The molecule has 1 aromatic rings. The molecule has 114 valence electrons. The van der Waals surface area contributed by atoms with E-state index in [1.165, 1.54) is 6.42 Å². The Labute approximate surface area is 126 Å². The Morgan fingerprint density at radius 2 is 2.48 bits per heavy atom. The van der Waals surface area contributed by atoms with Gasteiger partial charge >= 0.3 is 0 Å². The lowest BCUT2D eigenvalue weighted by atomic mass is 9.85. The van der Waals surface area contributed by atoms with E-state index in [-0.39, 0.29) is 11.5 Å². The number of ether oxygens (including phenoxy) is 1. The van der Waals surface area contributed by atoms with Crippen LogP contribution in [0.5, 0.6) is 0 Å². The second-order valence-corrected chi connectivity index (χ2v) is 6.43. The molecule has 0 bridgehead atoms. The second kappa shape index (κ2) is 6.14. The highest BCUT2D eigenvalue weighted by Gasteiger charge is 2.43. The number of carbonyl (C=O) groups is 1. The van der Waals surface area contributed by atoms with E-state index < -0.39 is 0 Å². The van der Waals surface area contributed by atoms with Gasteiger partial charge in [0.05, 0.1) is 18.6 Å². The third kappa shape index (κ3) is 3.26. The van der Waals surface area contributed by atoms with Crippen molar-refractivity contribution >= 4 is 5.91 Å². The normalized spacial score (nSPS) is 29.0. The lowest BCUT2D eigenvalue weighted by Crippen LogP contribution is -2.50. The third-order valence-electron chi connectivity index (χ3n) is 4.83. The number of amides is 1. The molecule has 21 heavy (non-hydrogen) atoms. The quantitative estimate of drug-likeness (QED) is 0.858. The first kappa shape index (κ1) is 14.5. The van der Waals surface area contributed by atoms with Crippen molar-refractivity contribution in [2.24, 2.45) is 5.92 Å². The van der Waals surface area contributed by atoms with Crippen LogP contribution in [-0.4, -0.2) is 41.1 Å². The zero-order valence-corrected chi connectivity index (χ0v) is 12.8. The first-order valence-electron chi connectivity index (χ1n) is 8.01. The summed E-state index contributed by atoms with van der Waals surface area (Å²) < 4.78 is 6.11. The summed E-state index contributed by atoms with van der Waals surface area (Å²) in [5, 5.41) is 0. The summed E-state index contributed by atoms with van der Waals surface area (Å²) in [5.41, 5.74) is 0.921. The van der Waals surface area contributed by atoms with Gasteiger partial charge in [-0.25, -0.2) is 0 Å². The minimum absolute atomic E-state index is 0.0659. The van der Waals surface area contributed by atoms with Crippen molar-refractivity contribution < 1.29 is 9.53 Å². The van der Waals surface area contributed by atoms with Crippen molar-refractivity contribution in [2.45, 2.75) is 44.6 Å². The van der Waals surface area contributed by atoms with Gasteiger partial charge in [0.25, 0.3) is 0 Å². The fraction of sp³-hybridized carbons (Fsp3) is 0.647. The Morgan fingerprint density at radius 1 is 1.57 bits per heavy atom. The number of hydrogen-bond acceptors (Lipinski definition) is 3. The van der Waals surface area contributed by atoms with Crippen LogP contribution in [0, 0.1) is 5.92 Å². The molecule has 0 radical (unpaired) electrons. The molecule has 1 aromatic heterocycles. The molecule has 4 nitrogen and oxygen atoms in total. The van der Waals surface area contributed by atoms with Crippen LogP contribution in [0.2, 0.25) is 0 Å². The number of hydrogen-bond donors (Lipinski definition) is 0. The van der Waals surface area contributed by atoms with E-state index in [1.807, 2.05) is 17.0 Å². The predicted molar refractivity (Wildman–Crippen MR) is 80.8 cm³/mol. The molecule has 2 atom stereocenters. The molecule has 0 saturated carbocycles. The lowest BCUT2D eigenvalue weighted by Gasteiger charge is -2.40. The van der Waals surface area contributed by atoms with Gasteiger partial charge in [0.15, 0.2) is 0 Å². The fourth-order valence-corrected chi connectivity index (χ4v) is 3.59. The summed E-state index contributed by atoms with van der Waals surface area (Å²) in [6.45, 7) is 4.71. The van der Waals surface area contributed by atoms with E-state index in [4.69, 9.17) is 4.74 Å². The molecule has 1 amide bonds. The molecular weight excluding hydrogens is 264 g/mol. The Balaban J connectivity index is 1.62. The minimum atomic E-state index is -0.0659. The predicted octanol–water partition coefficient (Wildman–Crippen LogP) is 2.43. The maximum absolute atomic E-state index is 12.5.